The smallest absolute Gasteiger partial charge is 0.0675 e. The van der Waals surface area contributed by atoms with Gasteiger partial charge >= 0.3 is 0 Å². The molecule has 2 aromatic carbocycles. The summed E-state index contributed by atoms with van der Waals surface area (Å²) in [6.07, 6.45) is 0. The van der Waals surface area contributed by atoms with Crippen molar-refractivity contribution in [2.24, 2.45) is 0 Å². The first-order valence-corrected chi connectivity index (χ1v) is 7.85. The fraction of sp³-hybridized carbons (Fsp3) is 0.125. The first kappa shape index (κ1) is 12.9. The molecular formula is C16H14BrNS. The molecule has 1 unspecified atom stereocenters. The second-order valence-electron chi connectivity index (χ2n) is 4.46. The van der Waals surface area contributed by atoms with Crippen molar-refractivity contribution in [1.82, 2.24) is 5.32 Å². The minimum atomic E-state index is 0.238. The number of thiophene rings is 1. The zero-order chi connectivity index (χ0) is 13.2. The van der Waals surface area contributed by atoms with Crippen molar-refractivity contribution < 1.29 is 0 Å². The van der Waals surface area contributed by atoms with Gasteiger partial charge in [0.05, 0.1) is 6.04 Å². The van der Waals surface area contributed by atoms with E-state index < -0.39 is 0 Å². The van der Waals surface area contributed by atoms with Crippen LogP contribution in [-0.2, 0) is 0 Å². The van der Waals surface area contributed by atoms with Gasteiger partial charge in [-0.3, -0.25) is 0 Å². The summed E-state index contributed by atoms with van der Waals surface area (Å²) < 4.78 is 1.15. The van der Waals surface area contributed by atoms with Gasteiger partial charge in [-0.15, -0.1) is 11.3 Å². The van der Waals surface area contributed by atoms with Gasteiger partial charge < -0.3 is 5.32 Å². The fourth-order valence-corrected chi connectivity index (χ4v) is 4.00. The van der Waals surface area contributed by atoms with Gasteiger partial charge in [-0.05, 0) is 45.4 Å². The lowest BCUT2D eigenvalue weighted by atomic mass is 9.98. The lowest BCUT2D eigenvalue weighted by molar-refractivity contribution is 0.709. The third-order valence-corrected chi connectivity index (χ3v) is 5.05. The molecule has 3 heteroatoms. The van der Waals surface area contributed by atoms with Crippen molar-refractivity contribution in [2.45, 2.75) is 6.04 Å². The number of halogens is 1. The van der Waals surface area contributed by atoms with Gasteiger partial charge in [-0.2, -0.15) is 0 Å². The van der Waals surface area contributed by atoms with E-state index in [1.54, 1.807) is 11.3 Å². The van der Waals surface area contributed by atoms with E-state index in [-0.39, 0.29) is 6.04 Å². The summed E-state index contributed by atoms with van der Waals surface area (Å²) in [6.45, 7) is 0. The predicted octanol–water partition coefficient (Wildman–Crippen LogP) is 4.97. The molecule has 0 saturated heterocycles. The molecule has 1 heterocycles. The van der Waals surface area contributed by atoms with Crippen molar-refractivity contribution in [3.8, 4) is 0 Å². The van der Waals surface area contributed by atoms with E-state index >= 15 is 0 Å². The molecule has 3 rings (SSSR count). The van der Waals surface area contributed by atoms with Gasteiger partial charge in [0.15, 0.2) is 0 Å². The van der Waals surface area contributed by atoms with Crippen molar-refractivity contribution >= 4 is 38.0 Å². The summed E-state index contributed by atoms with van der Waals surface area (Å²) in [5.74, 6) is 0. The van der Waals surface area contributed by atoms with Crippen molar-refractivity contribution in [3.05, 3.63) is 68.8 Å². The van der Waals surface area contributed by atoms with E-state index in [0.717, 1.165) is 4.47 Å². The van der Waals surface area contributed by atoms with Gasteiger partial charge in [-0.25, -0.2) is 0 Å². The third-order valence-electron chi connectivity index (χ3n) is 3.30. The molecule has 1 nitrogen and oxygen atoms in total. The van der Waals surface area contributed by atoms with Crippen LogP contribution in [0.2, 0.25) is 0 Å². The van der Waals surface area contributed by atoms with Crippen LogP contribution in [0.25, 0.3) is 10.8 Å². The van der Waals surface area contributed by atoms with E-state index in [0.29, 0.717) is 0 Å². The van der Waals surface area contributed by atoms with Crippen LogP contribution in [0.1, 0.15) is 16.5 Å². The molecule has 0 bridgehead atoms. The van der Waals surface area contributed by atoms with Crippen LogP contribution in [0.5, 0.6) is 0 Å². The lowest BCUT2D eigenvalue weighted by Crippen LogP contribution is -2.16. The maximum Gasteiger partial charge on any atom is 0.0675 e. The lowest BCUT2D eigenvalue weighted by Gasteiger charge is -2.17. The second kappa shape index (κ2) is 5.45. The molecule has 96 valence electrons. The Morgan fingerprint density at radius 3 is 2.63 bits per heavy atom. The maximum atomic E-state index is 3.53. The first-order chi connectivity index (χ1) is 9.29. The standard InChI is InChI=1S/C16H14BrNS/c1-18-16(15-9-12(17)10-19-15)14-8-4-6-11-5-2-3-7-13(11)14/h2-10,16,18H,1H3. The monoisotopic (exact) mass is 331 g/mol. The summed E-state index contributed by atoms with van der Waals surface area (Å²) >= 11 is 5.31. The number of hydrogen-bond acceptors (Lipinski definition) is 2. The van der Waals surface area contributed by atoms with Crippen LogP contribution in [0.4, 0.5) is 0 Å². The van der Waals surface area contributed by atoms with Gasteiger partial charge in [0, 0.05) is 14.7 Å². The molecule has 0 spiro atoms. The Balaban J connectivity index is 2.16. The maximum absolute atomic E-state index is 3.53. The Kier molecular flexibility index (Phi) is 3.69. The molecule has 0 fully saturated rings. The van der Waals surface area contributed by atoms with Crippen LogP contribution in [0.15, 0.2) is 58.4 Å². The van der Waals surface area contributed by atoms with E-state index in [1.807, 2.05) is 7.05 Å². The quantitative estimate of drug-likeness (QED) is 0.714. The van der Waals surface area contributed by atoms with Crippen LogP contribution < -0.4 is 5.32 Å². The molecule has 1 aromatic heterocycles. The third kappa shape index (κ3) is 2.46. The van der Waals surface area contributed by atoms with E-state index in [2.05, 4.69) is 75.2 Å². The molecule has 0 saturated carbocycles. The number of rotatable bonds is 3. The highest BCUT2D eigenvalue weighted by Crippen LogP contribution is 2.33. The van der Waals surface area contributed by atoms with Crippen molar-refractivity contribution in [3.63, 3.8) is 0 Å². The van der Waals surface area contributed by atoms with Gasteiger partial charge in [0.25, 0.3) is 0 Å². The normalized spacial score (nSPS) is 12.7. The molecule has 1 N–H and O–H groups in total. The summed E-state index contributed by atoms with van der Waals surface area (Å²) in [7, 11) is 2.01. The predicted molar refractivity (Wildman–Crippen MR) is 86.9 cm³/mol. The van der Waals surface area contributed by atoms with Gasteiger partial charge in [0.1, 0.15) is 0 Å². The zero-order valence-corrected chi connectivity index (χ0v) is 13.0. The van der Waals surface area contributed by atoms with E-state index in [4.69, 9.17) is 0 Å². The second-order valence-corrected chi connectivity index (χ2v) is 6.32. The Labute approximate surface area is 125 Å². The van der Waals surface area contributed by atoms with E-state index in [1.165, 1.54) is 21.2 Å². The van der Waals surface area contributed by atoms with Crippen LogP contribution in [-0.4, -0.2) is 7.05 Å². The van der Waals surface area contributed by atoms with Gasteiger partial charge in [-0.1, -0.05) is 42.5 Å². The first-order valence-electron chi connectivity index (χ1n) is 6.18. The Morgan fingerprint density at radius 2 is 1.89 bits per heavy atom. The fourth-order valence-electron chi connectivity index (χ4n) is 2.43. The van der Waals surface area contributed by atoms with Gasteiger partial charge in [0.2, 0.25) is 0 Å². The number of hydrogen-bond donors (Lipinski definition) is 1. The average Bonchev–Trinajstić information content (AvgIpc) is 2.86. The minimum absolute atomic E-state index is 0.238. The topological polar surface area (TPSA) is 12.0 Å². The highest BCUT2D eigenvalue weighted by Gasteiger charge is 2.16. The Bertz CT molecular complexity index is 699. The molecule has 0 aliphatic heterocycles. The molecule has 0 radical (unpaired) electrons. The van der Waals surface area contributed by atoms with Crippen LogP contribution in [0, 0.1) is 0 Å². The van der Waals surface area contributed by atoms with E-state index in [9.17, 15) is 0 Å². The molecule has 0 aliphatic rings. The summed E-state index contributed by atoms with van der Waals surface area (Å²) in [4.78, 5) is 1.32. The van der Waals surface area contributed by atoms with Crippen LogP contribution in [0.3, 0.4) is 0 Å². The molecule has 3 aromatic rings. The Hall–Kier alpha value is -1.16. The molecule has 0 amide bonds. The highest BCUT2D eigenvalue weighted by molar-refractivity contribution is 9.10. The highest BCUT2D eigenvalue weighted by atomic mass is 79.9. The number of benzene rings is 2. The summed E-state index contributed by atoms with van der Waals surface area (Å²) in [5.41, 5.74) is 1.33. The molecular weight excluding hydrogens is 318 g/mol. The molecule has 1 atom stereocenters. The largest absolute Gasteiger partial charge is 0.309 e. The number of fused-ring (bicyclic) bond motifs is 1. The number of nitrogens with one attached hydrogen (secondary N) is 1. The Morgan fingerprint density at radius 1 is 1.11 bits per heavy atom. The zero-order valence-electron chi connectivity index (χ0n) is 10.6. The summed E-state index contributed by atoms with van der Waals surface area (Å²) in [6, 6.07) is 17.5. The minimum Gasteiger partial charge on any atom is -0.309 e. The van der Waals surface area contributed by atoms with Crippen LogP contribution >= 0.6 is 27.3 Å². The molecule has 0 aliphatic carbocycles. The average molecular weight is 332 g/mol. The SMILES string of the molecule is CNC(c1cc(Br)cs1)c1cccc2ccccc12. The van der Waals surface area contributed by atoms with Crippen molar-refractivity contribution in [2.75, 3.05) is 7.05 Å². The summed E-state index contributed by atoms with van der Waals surface area (Å²) in [5, 5.41) is 8.16. The van der Waals surface area contributed by atoms with Crippen molar-refractivity contribution in [1.29, 1.82) is 0 Å². The molecule has 19 heavy (non-hydrogen) atoms.